The maximum Gasteiger partial charge on any atom is 0.490 e. The van der Waals surface area contributed by atoms with Crippen molar-refractivity contribution in [3.8, 4) is 5.75 Å². The van der Waals surface area contributed by atoms with Crippen molar-refractivity contribution in [2.75, 3.05) is 7.11 Å². The lowest BCUT2D eigenvalue weighted by Crippen LogP contribution is -2.41. The second-order valence-electron chi connectivity index (χ2n) is 9.20. The fourth-order valence-corrected chi connectivity index (χ4v) is 4.55. The Labute approximate surface area is 154 Å². The molecule has 5 heteroatoms. The lowest BCUT2D eigenvalue weighted by molar-refractivity contribution is 0.00578. The van der Waals surface area contributed by atoms with Gasteiger partial charge in [0, 0.05) is 8.07 Å². The smallest absolute Gasteiger partial charge is 0.490 e. The molecule has 0 N–H and O–H groups in total. The van der Waals surface area contributed by atoms with Crippen LogP contribution in [0.15, 0.2) is 29.7 Å². The van der Waals surface area contributed by atoms with Crippen molar-refractivity contribution in [1.29, 1.82) is 0 Å². The SMILES string of the molecule is COc1ccc(/C(C)=C(/C[Si](C)(C)C)B2OC(C)(C)C(C)(C)O2)cc1. The largest absolute Gasteiger partial charge is 0.497 e. The first-order chi connectivity index (χ1) is 11.4. The average molecular weight is 360 g/mol. The van der Waals surface area contributed by atoms with E-state index in [1.165, 1.54) is 16.6 Å². The molecule has 1 aliphatic rings. The van der Waals surface area contributed by atoms with Crippen molar-refractivity contribution < 1.29 is 14.0 Å². The van der Waals surface area contributed by atoms with E-state index in [2.05, 4.69) is 66.4 Å². The van der Waals surface area contributed by atoms with Gasteiger partial charge in [-0.05, 0) is 69.4 Å². The molecule has 1 fully saturated rings. The summed E-state index contributed by atoms with van der Waals surface area (Å²) >= 11 is 0. The molecule has 2 rings (SSSR count). The summed E-state index contributed by atoms with van der Waals surface area (Å²) in [4.78, 5) is 0. The summed E-state index contributed by atoms with van der Waals surface area (Å²) in [6, 6.07) is 9.30. The van der Waals surface area contributed by atoms with Crippen molar-refractivity contribution in [2.24, 2.45) is 0 Å². The third kappa shape index (κ3) is 4.57. The predicted molar refractivity (Wildman–Crippen MR) is 110 cm³/mol. The van der Waals surface area contributed by atoms with Crippen LogP contribution in [0.25, 0.3) is 5.57 Å². The van der Waals surface area contributed by atoms with Gasteiger partial charge in [-0.1, -0.05) is 31.8 Å². The fraction of sp³-hybridized carbons (Fsp3) is 0.600. The van der Waals surface area contributed by atoms with Crippen molar-refractivity contribution in [2.45, 2.75) is 71.5 Å². The van der Waals surface area contributed by atoms with Crippen LogP contribution in [0.2, 0.25) is 25.7 Å². The number of benzene rings is 1. The van der Waals surface area contributed by atoms with Gasteiger partial charge in [0.2, 0.25) is 0 Å². The van der Waals surface area contributed by atoms with Gasteiger partial charge in [-0.3, -0.25) is 0 Å². The molecule has 0 spiro atoms. The van der Waals surface area contributed by atoms with Crippen LogP contribution in [0, 0.1) is 0 Å². The zero-order valence-corrected chi connectivity index (χ0v) is 18.3. The topological polar surface area (TPSA) is 27.7 Å². The number of ether oxygens (including phenoxy) is 1. The van der Waals surface area contributed by atoms with Gasteiger partial charge < -0.3 is 14.0 Å². The lowest BCUT2D eigenvalue weighted by atomic mass is 9.75. The minimum Gasteiger partial charge on any atom is -0.497 e. The minimum absolute atomic E-state index is 0.279. The van der Waals surface area contributed by atoms with E-state index >= 15 is 0 Å². The Bertz CT molecular complexity index is 626. The molecule has 1 saturated heterocycles. The van der Waals surface area contributed by atoms with Crippen molar-refractivity contribution in [1.82, 2.24) is 0 Å². The van der Waals surface area contributed by atoms with Crippen LogP contribution in [0.5, 0.6) is 5.75 Å². The van der Waals surface area contributed by atoms with E-state index < -0.39 is 8.07 Å². The van der Waals surface area contributed by atoms with Crippen molar-refractivity contribution in [3.05, 3.63) is 35.3 Å². The molecule has 1 aliphatic heterocycles. The van der Waals surface area contributed by atoms with Gasteiger partial charge in [-0.2, -0.15) is 0 Å². The molecule has 138 valence electrons. The highest BCUT2D eigenvalue weighted by Crippen LogP contribution is 2.41. The molecule has 3 nitrogen and oxygen atoms in total. The lowest BCUT2D eigenvalue weighted by Gasteiger charge is -2.32. The zero-order chi connectivity index (χ0) is 19.0. The first-order valence-corrected chi connectivity index (χ1v) is 12.8. The van der Waals surface area contributed by atoms with Crippen LogP contribution in [0.3, 0.4) is 0 Å². The summed E-state index contributed by atoms with van der Waals surface area (Å²) in [5.74, 6) is 0.874. The third-order valence-corrected chi connectivity index (χ3v) is 6.70. The van der Waals surface area contributed by atoms with Gasteiger partial charge in [-0.25, -0.2) is 0 Å². The summed E-state index contributed by atoms with van der Waals surface area (Å²) in [7, 11) is 0.0778. The number of hydrogen-bond donors (Lipinski definition) is 0. The molecule has 0 saturated carbocycles. The summed E-state index contributed by atoms with van der Waals surface area (Å²) in [5, 5.41) is 0. The van der Waals surface area contributed by atoms with E-state index in [1.54, 1.807) is 7.11 Å². The van der Waals surface area contributed by atoms with Crippen LogP contribution >= 0.6 is 0 Å². The van der Waals surface area contributed by atoms with Gasteiger partial charge in [-0.15, -0.1) is 0 Å². The highest BCUT2D eigenvalue weighted by atomic mass is 28.3. The Balaban J connectivity index is 2.45. The van der Waals surface area contributed by atoms with Gasteiger partial charge in [0.15, 0.2) is 0 Å². The molecule has 0 aliphatic carbocycles. The van der Waals surface area contributed by atoms with Crippen molar-refractivity contribution >= 4 is 20.8 Å². The molecule has 0 radical (unpaired) electrons. The normalized spacial score (nSPS) is 20.4. The van der Waals surface area contributed by atoms with Gasteiger partial charge in [0.25, 0.3) is 0 Å². The summed E-state index contributed by atoms with van der Waals surface area (Å²) in [5.41, 5.74) is 3.10. The monoisotopic (exact) mass is 360 g/mol. The summed E-state index contributed by atoms with van der Waals surface area (Å²) in [6.07, 6.45) is 0. The second kappa shape index (κ2) is 6.94. The third-order valence-electron chi connectivity index (χ3n) is 5.26. The highest BCUT2D eigenvalue weighted by molar-refractivity contribution is 6.78. The van der Waals surface area contributed by atoms with Crippen LogP contribution < -0.4 is 4.74 Å². The molecular formula is C20H33BO3Si. The Morgan fingerprint density at radius 3 is 1.88 bits per heavy atom. The van der Waals surface area contributed by atoms with Gasteiger partial charge in [0.1, 0.15) is 5.75 Å². The maximum absolute atomic E-state index is 6.38. The summed E-state index contributed by atoms with van der Waals surface area (Å²) < 4.78 is 18.0. The van der Waals surface area contributed by atoms with E-state index in [1.807, 2.05) is 12.1 Å². The molecule has 1 aromatic carbocycles. The number of methoxy groups -OCH3 is 1. The summed E-state index contributed by atoms with van der Waals surface area (Å²) in [6.45, 7) is 17.8. The molecule has 0 atom stereocenters. The molecular weight excluding hydrogens is 327 g/mol. The van der Waals surface area contributed by atoms with Crippen LogP contribution in [0.1, 0.15) is 40.2 Å². The van der Waals surface area contributed by atoms with Crippen LogP contribution in [-0.2, 0) is 9.31 Å². The minimum atomic E-state index is -1.34. The molecule has 0 unspecified atom stereocenters. The first-order valence-electron chi connectivity index (χ1n) is 9.06. The quantitative estimate of drug-likeness (QED) is 0.655. The van der Waals surface area contributed by atoms with Crippen LogP contribution in [-0.4, -0.2) is 33.5 Å². The molecule has 0 aromatic heterocycles. The molecule has 1 heterocycles. The van der Waals surface area contributed by atoms with E-state index in [0.29, 0.717) is 0 Å². The Morgan fingerprint density at radius 1 is 1.00 bits per heavy atom. The van der Waals surface area contributed by atoms with Crippen molar-refractivity contribution in [3.63, 3.8) is 0 Å². The number of hydrogen-bond acceptors (Lipinski definition) is 3. The van der Waals surface area contributed by atoms with Gasteiger partial charge >= 0.3 is 7.12 Å². The van der Waals surface area contributed by atoms with E-state index in [4.69, 9.17) is 14.0 Å². The molecule has 1 aromatic rings. The van der Waals surface area contributed by atoms with E-state index in [9.17, 15) is 0 Å². The van der Waals surface area contributed by atoms with Crippen LogP contribution in [0.4, 0.5) is 0 Å². The highest BCUT2D eigenvalue weighted by Gasteiger charge is 2.53. The second-order valence-corrected chi connectivity index (χ2v) is 14.7. The first kappa shape index (κ1) is 20.3. The molecule has 0 bridgehead atoms. The Hall–Kier alpha value is -1.04. The van der Waals surface area contributed by atoms with Gasteiger partial charge in [0.05, 0.1) is 18.3 Å². The Kier molecular flexibility index (Phi) is 5.62. The zero-order valence-electron chi connectivity index (χ0n) is 17.3. The maximum atomic E-state index is 6.38. The number of allylic oxidation sites excluding steroid dienone is 2. The standard InChI is InChI=1S/C20H33BO3Si/c1-15(16-10-12-17(22-6)13-11-16)18(14-25(7,8)9)21-23-19(2,3)20(4,5)24-21/h10-13H,14H2,1-9H3/b18-15-. The molecule has 25 heavy (non-hydrogen) atoms. The van der Waals surface area contributed by atoms with E-state index in [-0.39, 0.29) is 18.3 Å². The molecule has 0 amide bonds. The average Bonchev–Trinajstić information content (AvgIpc) is 2.71. The number of rotatable bonds is 5. The fourth-order valence-electron chi connectivity index (χ4n) is 2.98. The predicted octanol–water partition coefficient (Wildman–Crippen LogP) is 5.44. The Morgan fingerprint density at radius 2 is 1.48 bits per heavy atom. The van der Waals surface area contributed by atoms with E-state index in [0.717, 1.165) is 11.8 Å².